The van der Waals surface area contributed by atoms with Gasteiger partial charge in [-0.3, -0.25) is 4.79 Å². The summed E-state index contributed by atoms with van der Waals surface area (Å²) in [5, 5.41) is 3.84. The number of esters is 1. The number of hydrogen-bond acceptors (Lipinski definition) is 4. The van der Waals surface area contributed by atoms with Crippen LogP contribution in [0.3, 0.4) is 0 Å². The van der Waals surface area contributed by atoms with Crippen LogP contribution in [0.5, 0.6) is 0 Å². The molecule has 0 fully saturated rings. The third-order valence-corrected chi connectivity index (χ3v) is 2.78. The van der Waals surface area contributed by atoms with Crippen molar-refractivity contribution in [1.29, 1.82) is 0 Å². The molecule has 0 aliphatic heterocycles. The van der Waals surface area contributed by atoms with Gasteiger partial charge in [-0.25, -0.2) is 9.48 Å². The number of hydrogen-bond donors (Lipinski definition) is 0. The Balaban J connectivity index is 2.46. The van der Waals surface area contributed by atoms with Gasteiger partial charge in [-0.2, -0.15) is 18.3 Å². The van der Waals surface area contributed by atoms with Crippen molar-refractivity contribution in [2.24, 2.45) is 0 Å². The highest BCUT2D eigenvalue weighted by atomic mass is 19.4. The molecule has 0 saturated heterocycles. The van der Waals surface area contributed by atoms with Gasteiger partial charge in [0, 0.05) is 6.20 Å². The molecule has 0 spiro atoms. The number of carbonyl (C=O) groups is 2. The minimum atomic E-state index is -4.50. The van der Waals surface area contributed by atoms with E-state index in [2.05, 4.69) is 5.10 Å². The van der Waals surface area contributed by atoms with Crippen LogP contribution < -0.4 is 0 Å². The minimum Gasteiger partial charge on any atom is -0.461 e. The van der Waals surface area contributed by atoms with Crippen LogP contribution in [0, 0.1) is 0 Å². The number of benzene rings is 1. The lowest BCUT2D eigenvalue weighted by atomic mass is 10.2. The fourth-order valence-corrected chi connectivity index (χ4v) is 1.79. The number of aldehydes is 1. The van der Waals surface area contributed by atoms with E-state index in [1.54, 1.807) is 6.92 Å². The number of rotatable bonds is 4. The van der Waals surface area contributed by atoms with Gasteiger partial charge in [-0.1, -0.05) is 6.07 Å². The lowest BCUT2D eigenvalue weighted by molar-refractivity contribution is -0.137. The summed E-state index contributed by atoms with van der Waals surface area (Å²) in [4.78, 5) is 22.6. The minimum absolute atomic E-state index is 0.0594. The maximum atomic E-state index is 12.7. The summed E-state index contributed by atoms with van der Waals surface area (Å²) in [6, 6.07) is 4.38. The molecule has 2 aromatic rings. The Kier molecular flexibility index (Phi) is 4.30. The largest absolute Gasteiger partial charge is 0.461 e. The van der Waals surface area contributed by atoms with Crippen molar-refractivity contribution >= 4 is 12.3 Å². The smallest absolute Gasteiger partial charge is 0.416 e. The first-order chi connectivity index (χ1) is 10.4. The molecule has 2 rings (SSSR count). The summed E-state index contributed by atoms with van der Waals surface area (Å²) in [6.07, 6.45) is -2.93. The molecule has 8 heteroatoms. The standard InChI is InChI=1S/C14H11F3N2O3/c1-2-22-13(21)12-9(8-20)7-19(18-12)11-5-3-4-10(6-11)14(15,16)17/h3-8H,2H2,1H3. The van der Waals surface area contributed by atoms with Crippen LogP contribution in [0.25, 0.3) is 5.69 Å². The highest BCUT2D eigenvalue weighted by Gasteiger charge is 2.30. The van der Waals surface area contributed by atoms with Crippen molar-refractivity contribution in [3.05, 3.63) is 47.3 Å². The SMILES string of the molecule is CCOC(=O)c1nn(-c2cccc(C(F)(F)F)c2)cc1C=O. The fourth-order valence-electron chi connectivity index (χ4n) is 1.79. The third kappa shape index (κ3) is 3.16. The average Bonchev–Trinajstić information content (AvgIpc) is 2.91. The summed E-state index contributed by atoms with van der Waals surface area (Å²) in [6.45, 7) is 1.68. The molecule has 1 heterocycles. The predicted molar refractivity (Wildman–Crippen MR) is 69.9 cm³/mol. The Hall–Kier alpha value is -2.64. The Morgan fingerprint density at radius 1 is 1.41 bits per heavy atom. The first-order valence-electron chi connectivity index (χ1n) is 6.26. The number of alkyl halides is 3. The van der Waals surface area contributed by atoms with E-state index >= 15 is 0 Å². The Bertz CT molecular complexity index is 708. The zero-order valence-electron chi connectivity index (χ0n) is 11.4. The van der Waals surface area contributed by atoms with Crippen molar-refractivity contribution in [3.63, 3.8) is 0 Å². The van der Waals surface area contributed by atoms with Gasteiger partial charge in [-0.15, -0.1) is 0 Å². The van der Waals surface area contributed by atoms with Gasteiger partial charge in [0.05, 0.1) is 23.4 Å². The van der Waals surface area contributed by atoms with Crippen LogP contribution in [-0.2, 0) is 10.9 Å². The van der Waals surface area contributed by atoms with Gasteiger partial charge >= 0.3 is 12.1 Å². The van der Waals surface area contributed by atoms with Gasteiger partial charge < -0.3 is 4.74 Å². The van der Waals surface area contributed by atoms with Gasteiger partial charge in [-0.05, 0) is 25.1 Å². The van der Waals surface area contributed by atoms with Gasteiger partial charge in [0.25, 0.3) is 0 Å². The van der Waals surface area contributed by atoms with E-state index in [0.717, 1.165) is 16.8 Å². The van der Waals surface area contributed by atoms with Crippen molar-refractivity contribution < 1.29 is 27.5 Å². The van der Waals surface area contributed by atoms with E-state index in [1.807, 2.05) is 0 Å². The highest BCUT2D eigenvalue weighted by Crippen LogP contribution is 2.30. The van der Waals surface area contributed by atoms with E-state index < -0.39 is 17.7 Å². The summed E-state index contributed by atoms with van der Waals surface area (Å²) in [5.41, 5.74) is -1.08. The maximum absolute atomic E-state index is 12.7. The molecule has 22 heavy (non-hydrogen) atoms. The molecular formula is C14H11F3N2O3. The first-order valence-corrected chi connectivity index (χ1v) is 6.26. The summed E-state index contributed by atoms with van der Waals surface area (Å²) >= 11 is 0. The van der Waals surface area contributed by atoms with Crippen LogP contribution in [0.2, 0.25) is 0 Å². The summed E-state index contributed by atoms with van der Waals surface area (Å²) < 4.78 is 43.9. The Morgan fingerprint density at radius 3 is 2.73 bits per heavy atom. The lowest BCUT2D eigenvalue weighted by Gasteiger charge is -2.08. The molecular weight excluding hydrogens is 301 g/mol. The van der Waals surface area contributed by atoms with Gasteiger partial charge in [0.1, 0.15) is 0 Å². The molecule has 0 bridgehead atoms. The second-order valence-electron chi connectivity index (χ2n) is 4.26. The third-order valence-electron chi connectivity index (χ3n) is 2.78. The number of halogens is 3. The molecule has 1 aromatic carbocycles. The molecule has 5 nitrogen and oxygen atoms in total. The first kappa shape index (κ1) is 15.7. The van der Waals surface area contributed by atoms with E-state index in [-0.39, 0.29) is 23.6 Å². The molecule has 0 atom stereocenters. The number of aromatic nitrogens is 2. The molecule has 1 aromatic heterocycles. The van der Waals surface area contributed by atoms with E-state index in [0.29, 0.717) is 6.29 Å². The molecule has 0 radical (unpaired) electrons. The van der Waals surface area contributed by atoms with Crippen molar-refractivity contribution in [2.45, 2.75) is 13.1 Å². The summed E-state index contributed by atoms with van der Waals surface area (Å²) in [7, 11) is 0. The van der Waals surface area contributed by atoms with Crippen molar-refractivity contribution in [2.75, 3.05) is 6.61 Å². The molecule has 0 N–H and O–H groups in total. The molecule has 0 aliphatic rings. The maximum Gasteiger partial charge on any atom is 0.416 e. The van der Waals surface area contributed by atoms with Crippen LogP contribution >= 0.6 is 0 Å². The lowest BCUT2D eigenvalue weighted by Crippen LogP contribution is -2.09. The number of ether oxygens (including phenoxy) is 1. The van der Waals surface area contributed by atoms with Crippen LogP contribution in [-0.4, -0.2) is 28.6 Å². The van der Waals surface area contributed by atoms with Crippen LogP contribution in [0.4, 0.5) is 13.2 Å². The number of nitrogens with zero attached hydrogens (tertiary/aromatic N) is 2. The van der Waals surface area contributed by atoms with Crippen molar-refractivity contribution in [3.8, 4) is 5.69 Å². The molecule has 0 unspecified atom stereocenters. The predicted octanol–water partition coefficient (Wildman–Crippen LogP) is 2.88. The normalized spacial score (nSPS) is 11.3. The van der Waals surface area contributed by atoms with Crippen molar-refractivity contribution in [1.82, 2.24) is 9.78 Å². The highest BCUT2D eigenvalue weighted by molar-refractivity contribution is 5.96. The van der Waals surface area contributed by atoms with Crippen LogP contribution in [0.1, 0.15) is 33.3 Å². The molecule has 0 amide bonds. The second-order valence-corrected chi connectivity index (χ2v) is 4.26. The second kappa shape index (κ2) is 6.00. The average molecular weight is 312 g/mol. The van der Waals surface area contributed by atoms with Gasteiger partial charge in [0.15, 0.2) is 12.0 Å². The topological polar surface area (TPSA) is 61.2 Å². The molecule has 0 aliphatic carbocycles. The number of carbonyl (C=O) groups excluding carboxylic acids is 2. The Morgan fingerprint density at radius 2 is 2.14 bits per heavy atom. The zero-order chi connectivity index (χ0) is 16.3. The van der Waals surface area contributed by atoms with E-state index in [9.17, 15) is 22.8 Å². The Labute approximate surface area is 123 Å². The quantitative estimate of drug-likeness (QED) is 0.643. The zero-order valence-corrected chi connectivity index (χ0v) is 11.4. The monoisotopic (exact) mass is 312 g/mol. The van der Waals surface area contributed by atoms with Crippen LogP contribution in [0.15, 0.2) is 30.5 Å². The summed E-state index contributed by atoms with van der Waals surface area (Å²) in [5.74, 6) is -0.810. The van der Waals surface area contributed by atoms with Gasteiger partial charge in [0.2, 0.25) is 0 Å². The van der Waals surface area contributed by atoms with E-state index in [1.165, 1.54) is 18.3 Å². The molecule has 0 saturated carbocycles. The molecule has 116 valence electrons. The van der Waals surface area contributed by atoms with E-state index in [4.69, 9.17) is 4.74 Å². The fraction of sp³-hybridized carbons (Fsp3) is 0.214.